The van der Waals surface area contributed by atoms with Crippen LogP contribution in [0, 0.1) is 46.3 Å². The lowest BCUT2D eigenvalue weighted by molar-refractivity contribution is -0.178. The molecule has 3 heteroatoms. The Morgan fingerprint density at radius 3 is 2.56 bits per heavy atom. The lowest BCUT2D eigenvalue weighted by atomic mass is 9.44. The molecule has 0 spiro atoms. The van der Waals surface area contributed by atoms with Crippen LogP contribution >= 0.6 is 0 Å². The van der Waals surface area contributed by atoms with E-state index in [2.05, 4.69) is 13.8 Å². The maximum Gasteiger partial charge on any atom is 0.302 e. The highest BCUT2D eigenvalue weighted by molar-refractivity contribution is 5.66. The van der Waals surface area contributed by atoms with Gasteiger partial charge < -0.3 is 9.84 Å². The van der Waals surface area contributed by atoms with E-state index in [-0.39, 0.29) is 29.0 Å². The van der Waals surface area contributed by atoms with Crippen LogP contribution in [0.3, 0.4) is 0 Å². The number of hydrogen-bond acceptors (Lipinski definition) is 3. The van der Waals surface area contributed by atoms with Gasteiger partial charge in [0.25, 0.3) is 0 Å². The molecule has 0 bridgehead atoms. The summed E-state index contributed by atoms with van der Waals surface area (Å²) in [4.78, 5) is 11.6. The first kappa shape index (κ1) is 16.6. The average molecular weight is 347 g/mol. The first-order chi connectivity index (χ1) is 11.9. The molecule has 0 aromatic carbocycles. The molecule has 5 fully saturated rings. The molecular weight excluding hydrogens is 312 g/mol. The van der Waals surface area contributed by atoms with Crippen molar-refractivity contribution in [1.29, 1.82) is 0 Å². The minimum absolute atomic E-state index is 0.0703. The topological polar surface area (TPSA) is 46.5 Å². The number of fused-ring (bicyclic) bond motifs is 6. The maximum absolute atomic E-state index is 11.6. The number of esters is 1. The second-order valence-electron chi connectivity index (χ2n) is 10.6. The van der Waals surface area contributed by atoms with Gasteiger partial charge in [-0.25, -0.2) is 0 Å². The summed E-state index contributed by atoms with van der Waals surface area (Å²) < 4.78 is 5.75. The summed E-state index contributed by atoms with van der Waals surface area (Å²) in [6, 6.07) is 0. The molecule has 0 aromatic heterocycles. The number of hydrogen-bond donors (Lipinski definition) is 1. The van der Waals surface area contributed by atoms with E-state index in [9.17, 15) is 9.90 Å². The molecule has 5 aliphatic carbocycles. The third-order valence-corrected chi connectivity index (χ3v) is 9.79. The Morgan fingerprint density at radius 1 is 1.00 bits per heavy atom. The van der Waals surface area contributed by atoms with Crippen molar-refractivity contribution < 1.29 is 14.6 Å². The van der Waals surface area contributed by atoms with Gasteiger partial charge in [0.1, 0.15) is 6.10 Å². The highest BCUT2D eigenvalue weighted by atomic mass is 16.5. The summed E-state index contributed by atoms with van der Waals surface area (Å²) in [6.07, 6.45) is 9.97. The predicted octanol–water partition coefficient (Wildman–Crippen LogP) is 4.18. The van der Waals surface area contributed by atoms with Gasteiger partial charge in [0.2, 0.25) is 0 Å². The Balaban J connectivity index is 1.44. The molecule has 0 aromatic rings. The van der Waals surface area contributed by atoms with Gasteiger partial charge in [-0.3, -0.25) is 4.79 Å². The first-order valence-electron chi connectivity index (χ1n) is 10.7. The Morgan fingerprint density at radius 2 is 1.80 bits per heavy atom. The van der Waals surface area contributed by atoms with Crippen molar-refractivity contribution >= 4 is 5.97 Å². The van der Waals surface area contributed by atoms with E-state index in [1.165, 1.54) is 44.9 Å². The van der Waals surface area contributed by atoms with Crippen LogP contribution in [0.5, 0.6) is 0 Å². The summed E-state index contributed by atoms with van der Waals surface area (Å²) in [7, 11) is 0. The first-order valence-corrected chi connectivity index (χ1v) is 10.7. The molecule has 1 N–H and O–H groups in total. The number of ether oxygens (including phenoxy) is 1. The Bertz CT molecular complexity index is 588. The highest BCUT2D eigenvalue weighted by Gasteiger charge is 2.66. The minimum Gasteiger partial charge on any atom is -0.462 e. The number of rotatable bonds is 1. The minimum atomic E-state index is -0.118. The fraction of sp³-hybridized carbons (Fsp3) is 0.955. The van der Waals surface area contributed by atoms with Crippen molar-refractivity contribution in [2.24, 2.45) is 46.3 Å². The third-order valence-electron chi connectivity index (χ3n) is 9.79. The van der Waals surface area contributed by atoms with E-state index in [4.69, 9.17) is 4.74 Å². The van der Waals surface area contributed by atoms with Crippen molar-refractivity contribution in [1.82, 2.24) is 0 Å². The standard InChI is InChI=1S/C22H34O3/c1-12(23)25-19-7-6-17-15-5-4-14-10-13-11-16(13)20(24)22(14,3)18(15)8-9-21(17,19)2/h13-20,24H,4-11H2,1-3H3/t13-,14+,15-,16+,17+,18-,19+,20+,21+,22+/m1/s1. The Labute approximate surface area is 151 Å². The van der Waals surface area contributed by atoms with Crippen LogP contribution in [0.2, 0.25) is 0 Å². The summed E-state index contributed by atoms with van der Waals surface area (Å²) >= 11 is 0. The van der Waals surface area contributed by atoms with Crippen LogP contribution in [-0.4, -0.2) is 23.3 Å². The van der Waals surface area contributed by atoms with Crippen molar-refractivity contribution in [3.63, 3.8) is 0 Å². The summed E-state index contributed by atoms with van der Waals surface area (Å²) in [6.45, 7) is 6.38. The molecule has 0 heterocycles. The maximum atomic E-state index is 11.6. The lowest BCUT2D eigenvalue weighted by Gasteiger charge is -2.61. The van der Waals surface area contributed by atoms with Crippen molar-refractivity contribution in [2.75, 3.05) is 0 Å². The van der Waals surface area contributed by atoms with Crippen molar-refractivity contribution in [2.45, 2.75) is 84.3 Å². The van der Waals surface area contributed by atoms with E-state index in [0.29, 0.717) is 17.8 Å². The van der Waals surface area contributed by atoms with Crippen LogP contribution < -0.4 is 0 Å². The smallest absolute Gasteiger partial charge is 0.302 e. The summed E-state index contributed by atoms with van der Waals surface area (Å²) in [5.74, 6) is 4.14. The number of carbonyl (C=O) groups excluding carboxylic acids is 1. The molecule has 0 amide bonds. The van der Waals surface area contributed by atoms with Gasteiger partial charge in [-0.15, -0.1) is 0 Å². The fourth-order valence-electron chi connectivity index (χ4n) is 8.40. The fourth-order valence-corrected chi connectivity index (χ4v) is 8.40. The normalized spacial score (nSPS) is 59.2. The van der Waals surface area contributed by atoms with Crippen LogP contribution in [-0.2, 0) is 9.53 Å². The zero-order valence-electron chi connectivity index (χ0n) is 16.0. The largest absolute Gasteiger partial charge is 0.462 e. The van der Waals surface area contributed by atoms with E-state index in [1.54, 1.807) is 6.92 Å². The van der Waals surface area contributed by atoms with Crippen LogP contribution in [0.4, 0.5) is 0 Å². The average Bonchev–Trinajstić information content (AvgIpc) is 3.26. The van der Waals surface area contributed by atoms with Gasteiger partial charge in [-0.05, 0) is 92.3 Å². The van der Waals surface area contributed by atoms with Gasteiger partial charge in [0.15, 0.2) is 0 Å². The summed E-state index contributed by atoms with van der Waals surface area (Å²) in [5, 5.41) is 11.2. The molecule has 0 radical (unpaired) electrons. The molecule has 0 saturated heterocycles. The van der Waals surface area contributed by atoms with Crippen LogP contribution in [0.25, 0.3) is 0 Å². The van der Waals surface area contributed by atoms with Crippen molar-refractivity contribution in [3.05, 3.63) is 0 Å². The molecule has 5 rings (SSSR count). The molecule has 0 unspecified atom stereocenters. The van der Waals surface area contributed by atoms with Crippen molar-refractivity contribution in [3.8, 4) is 0 Å². The number of aliphatic hydroxyl groups excluding tert-OH is 1. The second kappa shape index (κ2) is 5.24. The highest BCUT2D eigenvalue weighted by Crippen LogP contribution is 2.70. The summed E-state index contributed by atoms with van der Waals surface area (Å²) in [5.41, 5.74) is 0.305. The molecule has 5 saturated carbocycles. The van der Waals surface area contributed by atoms with Gasteiger partial charge in [0, 0.05) is 12.3 Å². The van der Waals surface area contributed by atoms with E-state index >= 15 is 0 Å². The van der Waals surface area contributed by atoms with Crippen LogP contribution in [0.1, 0.15) is 72.1 Å². The van der Waals surface area contributed by atoms with E-state index in [0.717, 1.165) is 24.2 Å². The van der Waals surface area contributed by atoms with Gasteiger partial charge >= 0.3 is 5.97 Å². The van der Waals surface area contributed by atoms with Crippen LogP contribution in [0.15, 0.2) is 0 Å². The Hall–Kier alpha value is -0.570. The molecule has 140 valence electrons. The zero-order valence-corrected chi connectivity index (χ0v) is 16.0. The molecular formula is C22H34O3. The molecule has 3 nitrogen and oxygen atoms in total. The molecule has 25 heavy (non-hydrogen) atoms. The quantitative estimate of drug-likeness (QED) is 0.725. The van der Waals surface area contributed by atoms with E-state index < -0.39 is 0 Å². The predicted molar refractivity (Wildman–Crippen MR) is 95.7 cm³/mol. The molecule has 5 aliphatic rings. The Kier molecular flexibility index (Phi) is 3.48. The molecule has 10 atom stereocenters. The number of aliphatic hydroxyl groups is 1. The SMILES string of the molecule is CC(=O)O[C@H]1CC[C@H]2[C@H]3CC[C@H]4C[C@@H]5C[C@@H]5[C@H](O)[C@]4(C)[C@@H]3CC[C@]12C. The molecule has 0 aliphatic heterocycles. The zero-order chi connectivity index (χ0) is 17.6. The second-order valence-corrected chi connectivity index (χ2v) is 10.6. The monoisotopic (exact) mass is 346 g/mol. The third kappa shape index (κ3) is 2.11. The van der Waals surface area contributed by atoms with Gasteiger partial charge in [-0.2, -0.15) is 0 Å². The lowest BCUT2D eigenvalue weighted by Crippen LogP contribution is -2.58. The van der Waals surface area contributed by atoms with E-state index in [1.807, 2.05) is 0 Å². The van der Waals surface area contributed by atoms with Gasteiger partial charge in [-0.1, -0.05) is 13.8 Å². The number of carbonyl (C=O) groups is 1. The van der Waals surface area contributed by atoms with Gasteiger partial charge in [0.05, 0.1) is 6.10 Å².